The van der Waals surface area contributed by atoms with Gasteiger partial charge in [-0.15, -0.1) is 17.8 Å². The lowest BCUT2D eigenvalue weighted by Gasteiger charge is -2.10. The van der Waals surface area contributed by atoms with E-state index in [1.807, 2.05) is 6.92 Å². The van der Waals surface area contributed by atoms with Gasteiger partial charge in [-0.3, -0.25) is 4.79 Å². The van der Waals surface area contributed by atoms with E-state index in [1.54, 1.807) is 5.38 Å². The van der Waals surface area contributed by atoms with Crippen molar-refractivity contribution in [3.05, 3.63) is 16.1 Å². The van der Waals surface area contributed by atoms with Crippen LogP contribution in [-0.2, 0) is 6.54 Å². The summed E-state index contributed by atoms with van der Waals surface area (Å²) < 4.78 is 0. The maximum absolute atomic E-state index is 11.7. The van der Waals surface area contributed by atoms with Crippen LogP contribution in [0.15, 0.2) is 5.38 Å². The van der Waals surface area contributed by atoms with Crippen LogP contribution >= 0.6 is 11.3 Å². The van der Waals surface area contributed by atoms with E-state index < -0.39 is 0 Å². The molecule has 0 bridgehead atoms. The van der Waals surface area contributed by atoms with Crippen LogP contribution in [0.2, 0.25) is 0 Å². The first-order valence-corrected chi connectivity index (χ1v) is 6.00. The lowest BCUT2D eigenvalue weighted by Crippen LogP contribution is -2.33. The fourth-order valence-corrected chi connectivity index (χ4v) is 1.88. The number of terminal acetylenes is 1. The summed E-state index contributed by atoms with van der Waals surface area (Å²) in [5, 5.41) is 5.19. The van der Waals surface area contributed by atoms with Gasteiger partial charge in [-0.25, -0.2) is 4.98 Å². The summed E-state index contributed by atoms with van der Waals surface area (Å²) in [5.74, 6) is 2.31. The number of rotatable bonds is 5. The third-order valence-corrected chi connectivity index (χ3v) is 2.91. The summed E-state index contributed by atoms with van der Waals surface area (Å²) in [6.07, 6.45) is 7.02. The van der Waals surface area contributed by atoms with Crippen molar-refractivity contribution >= 4 is 17.2 Å². The first kappa shape index (κ1) is 12.7. The Morgan fingerprint density at radius 3 is 3.06 bits per heavy atom. The number of nitrogens with zero attached hydrogens (tertiary/aromatic N) is 1. The third-order valence-electron chi connectivity index (χ3n) is 2.04. The van der Waals surface area contributed by atoms with Crippen molar-refractivity contribution in [3.63, 3.8) is 0 Å². The molecule has 0 aliphatic rings. The minimum absolute atomic E-state index is 0.222. The lowest BCUT2D eigenvalue weighted by atomic mass is 10.2. The Morgan fingerprint density at radius 1 is 1.81 bits per heavy atom. The summed E-state index contributed by atoms with van der Waals surface area (Å²) in [5.41, 5.74) is 5.81. The fourth-order valence-electron chi connectivity index (χ4n) is 1.23. The average Bonchev–Trinajstić information content (AvgIpc) is 2.76. The topological polar surface area (TPSA) is 68.0 Å². The largest absolute Gasteiger partial charge is 0.337 e. The van der Waals surface area contributed by atoms with Crippen LogP contribution in [0.1, 0.15) is 35.3 Å². The Labute approximate surface area is 99.3 Å². The normalized spacial score (nSPS) is 11.8. The molecular formula is C11H15N3OS. The summed E-state index contributed by atoms with van der Waals surface area (Å²) in [4.78, 5) is 15.8. The molecule has 1 heterocycles. The van der Waals surface area contributed by atoms with Gasteiger partial charge in [0.15, 0.2) is 0 Å². The number of nitrogens with one attached hydrogen (secondary N) is 1. The van der Waals surface area contributed by atoms with Crippen LogP contribution in [0.3, 0.4) is 0 Å². The maximum Gasteiger partial charge on any atom is 0.271 e. The molecule has 0 aromatic carbocycles. The van der Waals surface area contributed by atoms with E-state index in [-0.39, 0.29) is 11.9 Å². The summed E-state index contributed by atoms with van der Waals surface area (Å²) in [6.45, 7) is 2.37. The van der Waals surface area contributed by atoms with Crippen LogP contribution in [0.4, 0.5) is 0 Å². The van der Waals surface area contributed by atoms with Crippen molar-refractivity contribution in [1.82, 2.24) is 10.3 Å². The number of nitrogens with two attached hydrogens (primary N) is 1. The van der Waals surface area contributed by atoms with Gasteiger partial charge in [-0.1, -0.05) is 19.3 Å². The van der Waals surface area contributed by atoms with Crippen LogP contribution in [0.5, 0.6) is 0 Å². The molecule has 0 radical (unpaired) electrons. The lowest BCUT2D eigenvalue weighted by molar-refractivity contribution is 0.0940. The molecule has 0 spiro atoms. The van der Waals surface area contributed by atoms with Gasteiger partial charge < -0.3 is 11.1 Å². The minimum Gasteiger partial charge on any atom is -0.337 e. The van der Waals surface area contributed by atoms with Gasteiger partial charge >= 0.3 is 0 Å². The van der Waals surface area contributed by atoms with E-state index in [1.165, 1.54) is 11.3 Å². The number of carbonyl (C=O) groups is 1. The Kier molecular flexibility index (Phi) is 4.96. The van der Waals surface area contributed by atoms with Crippen LogP contribution < -0.4 is 11.1 Å². The number of carbonyl (C=O) groups excluding carboxylic acids is 1. The predicted molar refractivity (Wildman–Crippen MR) is 65.0 cm³/mol. The number of amides is 1. The molecule has 86 valence electrons. The molecule has 5 heteroatoms. The molecule has 1 rings (SSSR count). The zero-order chi connectivity index (χ0) is 12.0. The number of thiazole rings is 1. The van der Waals surface area contributed by atoms with Crippen LogP contribution in [0, 0.1) is 12.3 Å². The highest BCUT2D eigenvalue weighted by atomic mass is 32.1. The summed E-state index contributed by atoms with van der Waals surface area (Å²) >= 11 is 1.38. The van der Waals surface area contributed by atoms with Crippen molar-refractivity contribution in [3.8, 4) is 12.3 Å². The Bertz CT molecular complexity index is 394. The molecule has 1 aromatic rings. The van der Waals surface area contributed by atoms with Crippen molar-refractivity contribution < 1.29 is 4.79 Å². The number of hydrogen-bond acceptors (Lipinski definition) is 4. The van der Waals surface area contributed by atoms with E-state index >= 15 is 0 Å². The second-order valence-corrected chi connectivity index (χ2v) is 4.25. The molecule has 1 unspecified atom stereocenters. The maximum atomic E-state index is 11.7. The number of hydrogen-bond donors (Lipinski definition) is 2. The van der Waals surface area contributed by atoms with Gasteiger partial charge in [0, 0.05) is 11.9 Å². The standard InChI is InChI=1S/C11H15N3OS/c1-3-5-8(4-2)13-11(15)9-7-16-10(6-12)14-9/h2,7-8H,3,5-6,12H2,1H3,(H,13,15). The molecule has 1 amide bonds. The molecule has 0 aliphatic heterocycles. The zero-order valence-electron chi connectivity index (χ0n) is 9.19. The quantitative estimate of drug-likeness (QED) is 0.754. The second kappa shape index (κ2) is 6.26. The second-order valence-electron chi connectivity index (χ2n) is 3.31. The highest BCUT2D eigenvalue weighted by molar-refractivity contribution is 7.09. The van der Waals surface area contributed by atoms with Crippen molar-refractivity contribution in [2.24, 2.45) is 5.73 Å². The molecular weight excluding hydrogens is 222 g/mol. The predicted octanol–water partition coefficient (Wildman–Crippen LogP) is 1.13. The van der Waals surface area contributed by atoms with Gasteiger partial charge in [0.2, 0.25) is 0 Å². The van der Waals surface area contributed by atoms with E-state index in [0.29, 0.717) is 12.2 Å². The molecule has 1 atom stereocenters. The first-order valence-electron chi connectivity index (χ1n) is 5.12. The van der Waals surface area contributed by atoms with Gasteiger partial charge in [0.25, 0.3) is 5.91 Å². The average molecular weight is 237 g/mol. The Morgan fingerprint density at radius 2 is 2.56 bits per heavy atom. The zero-order valence-corrected chi connectivity index (χ0v) is 10.0. The summed E-state index contributed by atoms with van der Waals surface area (Å²) in [7, 11) is 0. The molecule has 1 aromatic heterocycles. The fraction of sp³-hybridized carbons (Fsp3) is 0.455. The Hall–Kier alpha value is -1.38. The third kappa shape index (κ3) is 3.33. The number of aromatic nitrogens is 1. The Balaban J connectivity index is 2.61. The molecule has 16 heavy (non-hydrogen) atoms. The highest BCUT2D eigenvalue weighted by Crippen LogP contribution is 2.09. The highest BCUT2D eigenvalue weighted by Gasteiger charge is 2.13. The van der Waals surface area contributed by atoms with Crippen molar-refractivity contribution in [2.75, 3.05) is 0 Å². The first-order chi connectivity index (χ1) is 7.71. The molecule has 0 saturated carbocycles. The van der Waals surface area contributed by atoms with E-state index in [9.17, 15) is 4.79 Å². The summed E-state index contributed by atoms with van der Waals surface area (Å²) in [6, 6.07) is -0.222. The van der Waals surface area contributed by atoms with E-state index in [0.717, 1.165) is 17.8 Å². The van der Waals surface area contributed by atoms with Gasteiger partial charge in [-0.2, -0.15) is 0 Å². The SMILES string of the molecule is C#CC(CCC)NC(=O)c1csc(CN)n1. The van der Waals surface area contributed by atoms with Crippen LogP contribution in [0.25, 0.3) is 0 Å². The van der Waals surface area contributed by atoms with Crippen molar-refractivity contribution in [2.45, 2.75) is 32.4 Å². The minimum atomic E-state index is -0.229. The molecule has 4 nitrogen and oxygen atoms in total. The molecule has 0 saturated heterocycles. The smallest absolute Gasteiger partial charge is 0.271 e. The van der Waals surface area contributed by atoms with Gasteiger partial charge in [0.05, 0.1) is 6.04 Å². The van der Waals surface area contributed by atoms with Gasteiger partial charge in [-0.05, 0) is 6.42 Å². The molecule has 0 fully saturated rings. The van der Waals surface area contributed by atoms with Crippen LogP contribution in [-0.4, -0.2) is 16.9 Å². The van der Waals surface area contributed by atoms with E-state index in [2.05, 4.69) is 16.2 Å². The van der Waals surface area contributed by atoms with E-state index in [4.69, 9.17) is 12.2 Å². The molecule has 0 aliphatic carbocycles. The molecule has 3 N–H and O–H groups in total. The van der Waals surface area contributed by atoms with Gasteiger partial charge in [0.1, 0.15) is 10.7 Å². The van der Waals surface area contributed by atoms with Crippen molar-refractivity contribution in [1.29, 1.82) is 0 Å². The monoisotopic (exact) mass is 237 g/mol.